The van der Waals surface area contributed by atoms with Crippen molar-refractivity contribution in [3.05, 3.63) is 77.5 Å². The fraction of sp³-hybridized carbons (Fsp3) is 0.118. The number of carbonyl (C=O) groups is 1. The molecule has 0 heterocycles. The minimum atomic E-state index is -0.427. The lowest BCUT2D eigenvalue weighted by Gasteiger charge is -2.05. The van der Waals surface area contributed by atoms with E-state index in [4.69, 9.17) is 0 Å². The van der Waals surface area contributed by atoms with Crippen LogP contribution < -0.4 is 10.6 Å². The molecule has 5 heteroatoms. The summed E-state index contributed by atoms with van der Waals surface area (Å²) in [6.45, 7) is 0.306. The van der Waals surface area contributed by atoms with Crippen molar-refractivity contribution in [1.29, 1.82) is 0 Å². The molecule has 2 aromatic carbocycles. The molecule has 0 aliphatic rings. The van der Waals surface area contributed by atoms with E-state index in [1.165, 1.54) is 24.4 Å². The predicted octanol–water partition coefficient (Wildman–Crippen LogP) is 3.48. The molecule has 3 nitrogen and oxygen atoms in total. The third kappa shape index (κ3) is 4.70. The Labute approximate surface area is 127 Å². The molecule has 0 aromatic heterocycles. The predicted molar refractivity (Wildman–Crippen MR) is 82.1 cm³/mol. The van der Waals surface area contributed by atoms with Crippen LogP contribution in [0.15, 0.2) is 54.7 Å². The summed E-state index contributed by atoms with van der Waals surface area (Å²) >= 11 is 0. The van der Waals surface area contributed by atoms with Gasteiger partial charge in [0.15, 0.2) is 0 Å². The summed E-state index contributed by atoms with van der Waals surface area (Å²) in [5, 5.41) is 5.07. The molecule has 0 aliphatic heterocycles. The molecule has 0 spiro atoms. The quantitative estimate of drug-likeness (QED) is 0.872. The number of hydrogen-bond donors (Lipinski definition) is 2. The number of hydrogen-bond acceptors (Lipinski definition) is 1. The van der Waals surface area contributed by atoms with Gasteiger partial charge in [0.1, 0.15) is 11.6 Å². The van der Waals surface area contributed by atoms with Crippen LogP contribution in [0.2, 0.25) is 0 Å². The van der Waals surface area contributed by atoms with E-state index in [1.54, 1.807) is 36.4 Å². The van der Waals surface area contributed by atoms with Gasteiger partial charge >= 0.3 is 6.03 Å². The average molecular weight is 302 g/mol. The van der Waals surface area contributed by atoms with Crippen molar-refractivity contribution >= 4 is 12.1 Å². The Morgan fingerprint density at radius 3 is 2.41 bits per heavy atom. The molecule has 2 rings (SSSR count). The highest BCUT2D eigenvalue weighted by Gasteiger charge is 2.02. The molecule has 0 aliphatic carbocycles. The van der Waals surface area contributed by atoms with Gasteiger partial charge in [0.2, 0.25) is 0 Å². The molecular formula is C17H16F2N2O. The van der Waals surface area contributed by atoms with Crippen LogP contribution in [0, 0.1) is 11.6 Å². The second-order valence-corrected chi connectivity index (χ2v) is 4.60. The smallest absolute Gasteiger partial charge is 0.318 e. The van der Waals surface area contributed by atoms with Crippen molar-refractivity contribution in [2.75, 3.05) is 6.54 Å². The number of halogens is 2. The standard InChI is InChI=1S/C17H16F2N2O/c18-15-7-3-1-5-13(15)9-11-20-17(22)21-12-10-14-6-2-4-8-16(14)19/h1-9,11H,10,12H2,(H2,20,21,22)/b11-9+. The minimum absolute atomic E-state index is 0.288. The van der Waals surface area contributed by atoms with E-state index in [-0.39, 0.29) is 11.6 Å². The van der Waals surface area contributed by atoms with Gasteiger partial charge in [-0.1, -0.05) is 36.4 Å². The highest BCUT2D eigenvalue weighted by Crippen LogP contribution is 2.07. The van der Waals surface area contributed by atoms with E-state index < -0.39 is 6.03 Å². The molecule has 0 fully saturated rings. The average Bonchev–Trinajstić information content (AvgIpc) is 2.51. The molecular weight excluding hydrogens is 286 g/mol. The molecule has 0 saturated carbocycles. The lowest BCUT2D eigenvalue weighted by Crippen LogP contribution is -2.33. The van der Waals surface area contributed by atoms with Gasteiger partial charge in [0, 0.05) is 18.3 Å². The van der Waals surface area contributed by atoms with Gasteiger partial charge in [0.25, 0.3) is 0 Å². The Morgan fingerprint density at radius 2 is 1.68 bits per heavy atom. The summed E-state index contributed by atoms with van der Waals surface area (Å²) < 4.78 is 26.7. The molecule has 0 bridgehead atoms. The first-order valence-corrected chi connectivity index (χ1v) is 6.85. The van der Waals surface area contributed by atoms with Gasteiger partial charge in [-0.15, -0.1) is 0 Å². The Bertz CT molecular complexity index is 671. The van der Waals surface area contributed by atoms with E-state index in [0.717, 1.165) is 0 Å². The second kappa shape index (κ2) is 7.93. The molecule has 0 saturated heterocycles. The third-order valence-electron chi connectivity index (χ3n) is 3.02. The molecule has 2 aromatic rings. The van der Waals surface area contributed by atoms with E-state index in [9.17, 15) is 13.6 Å². The minimum Gasteiger partial charge on any atom is -0.338 e. The zero-order chi connectivity index (χ0) is 15.8. The molecule has 22 heavy (non-hydrogen) atoms. The molecule has 0 atom stereocenters. The Hall–Kier alpha value is -2.69. The maximum absolute atomic E-state index is 13.4. The Kier molecular flexibility index (Phi) is 5.65. The summed E-state index contributed by atoms with van der Waals surface area (Å²) in [5.41, 5.74) is 0.929. The van der Waals surface area contributed by atoms with Gasteiger partial charge in [-0.2, -0.15) is 0 Å². The number of benzene rings is 2. The molecule has 0 unspecified atom stereocenters. The van der Waals surface area contributed by atoms with Crippen molar-refractivity contribution in [3.63, 3.8) is 0 Å². The topological polar surface area (TPSA) is 41.1 Å². The van der Waals surface area contributed by atoms with Crippen molar-refractivity contribution in [3.8, 4) is 0 Å². The summed E-state index contributed by atoms with van der Waals surface area (Å²) in [7, 11) is 0. The number of urea groups is 1. The maximum atomic E-state index is 13.4. The van der Waals surface area contributed by atoms with E-state index in [2.05, 4.69) is 10.6 Å². The molecule has 2 amide bonds. The maximum Gasteiger partial charge on any atom is 0.318 e. The fourth-order valence-electron chi connectivity index (χ4n) is 1.88. The first-order chi connectivity index (χ1) is 10.7. The first kappa shape index (κ1) is 15.7. The van der Waals surface area contributed by atoms with E-state index in [1.807, 2.05) is 0 Å². The number of rotatable bonds is 5. The van der Waals surface area contributed by atoms with Gasteiger partial charge in [-0.25, -0.2) is 13.6 Å². The van der Waals surface area contributed by atoms with Crippen molar-refractivity contribution in [2.45, 2.75) is 6.42 Å². The van der Waals surface area contributed by atoms with Crippen LogP contribution in [0.1, 0.15) is 11.1 Å². The highest BCUT2D eigenvalue weighted by atomic mass is 19.1. The van der Waals surface area contributed by atoms with Crippen LogP contribution in [-0.2, 0) is 6.42 Å². The Balaban J connectivity index is 1.75. The van der Waals surface area contributed by atoms with Crippen LogP contribution in [-0.4, -0.2) is 12.6 Å². The zero-order valence-electron chi connectivity index (χ0n) is 11.9. The summed E-state index contributed by atoms with van der Waals surface area (Å²) in [5.74, 6) is -0.648. The summed E-state index contributed by atoms with van der Waals surface area (Å²) in [6.07, 6.45) is 3.22. The lowest BCUT2D eigenvalue weighted by atomic mass is 10.1. The van der Waals surface area contributed by atoms with Gasteiger partial charge in [-0.3, -0.25) is 0 Å². The first-order valence-electron chi connectivity index (χ1n) is 6.85. The van der Waals surface area contributed by atoms with Crippen LogP contribution in [0.25, 0.3) is 6.08 Å². The molecule has 2 N–H and O–H groups in total. The zero-order valence-corrected chi connectivity index (χ0v) is 11.9. The monoisotopic (exact) mass is 302 g/mol. The number of nitrogens with one attached hydrogen (secondary N) is 2. The normalized spacial score (nSPS) is 10.6. The van der Waals surface area contributed by atoms with E-state index in [0.29, 0.717) is 24.1 Å². The lowest BCUT2D eigenvalue weighted by molar-refractivity contribution is 0.244. The number of carbonyl (C=O) groups excluding carboxylic acids is 1. The van der Waals surface area contributed by atoms with E-state index >= 15 is 0 Å². The highest BCUT2D eigenvalue weighted by molar-refractivity contribution is 5.75. The van der Waals surface area contributed by atoms with Crippen LogP contribution in [0.5, 0.6) is 0 Å². The third-order valence-corrected chi connectivity index (χ3v) is 3.02. The summed E-state index contributed by atoms with van der Waals surface area (Å²) in [4.78, 5) is 11.5. The van der Waals surface area contributed by atoms with Crippen molar-refractivity contribution in [1.82, 2.24) is 10.6 Å². The largest absolute Gasteiger partial charge is 0.338 e. The molecule has 114 valence electrons. The SMILES string of the molecule is O=C(N/C=C/c1ccccc1F)NCCc1ccccc1F. The number of amides is 2. The van der Waals surface area contributed by atoms with Crippen LogP contribution >= 0.6 is 0 Å². The molecule has 0 radical (unpaired) electrons. The van der Waals surface area contributed by atoms with Crippen LogP contribution in [0.3, 0.4) is 0 Å². The van der Waals surface area contributed by atoms with Gasteiger partial charge < -0.3 is 10.6 Å². The summed E-state index contributed by atoms with van der Waals surface area (Å²) in [6, 6.07) is 12.2. The van der Waals surface area contributed by atoms with Crippen LogP contribution in [0.4, 0.5) is 13.6 Å². The fourth-order valence-corrected chi connectivity index (χ4v) is 1.88. The second-order valence-electron chi connectivity index (χ2n) is 4.60. The van der Waals surface area contributed by atoms with Crippen molar-refractivity contribution < 1.29 is 13.6 Å². The Morgan fingerprint density at radius 1 is 1.00 bits per heavy atom. The van der Waals surface area contributed by atoms with Gasteiger partial charge in [0.05, 0.1) is 0 Å². The van der Waals surface area contributed by atoms with Gasteiger partial charge in [-0.05, 0) is 30.2 Å². The van der Waals surface area contributed by atoms with Crippen molar-refractivity contribution in [2.24, 2.45) is 0 Å².